The number of hydrogen-bond acceptors (Lipinski definition) is 4. The number of aliphatic hydroxyl groups excluding tert-OH is 1. The Kier molecular flexibility index (Phi) is 5.69. The minimum atomic E-state index is -0.0181. The summed E-state index contributed by atoms with van der Waals surface area (Å²) in [5, 5.41) is 9.61. The molecule has 5 nitrogen and oxygen atoms in total. The maximum absolute atomic E-state index is 12.6. The van der Waals surface area contributed by atoms with Crippen molar-refractivity contribution in [1.82, 2.24) is 4.90 Å². The number of carbonyl (C=O) groups is 2. The SMILES string of the molecule is CCC1(CO)CCN(C(=O)CCN2C(=O)CSc3ccccc32)CC1. The Bertz CT molecular complexity index is 635. The molecule has 2 aliphatic rings. The van der Waals surface area contributed by atoms with Crippen LogP contribution < -0.4 is 4.90 Å². The number of hydrogen-bond donors (Lipinski definition) is 1. The van der Waals surface area contributed by atoms with Gasteiger partial charge in [0.1, 0.15) is 0 Å². The smallest absolute Gasteiger partial charge is 0.237 e. The van der Waals surface area contributed by atoms with Crippen molar-refractivity contribution in [2.75, 3.05) is 36.9 Å². The van der Waals surface area contributed by atoms with E-state index in [1.165, 1.54) is 0 Å². The topological polar surface area (TPSA) is 60.9 Å². The van der Waals surface area contributed by atoms with Gasteiger partial charge < -0.3 is 14.9 Å². The fourth-order valence-corrected chi connectivity index (χ4v) is 4.55. The number of likely N-dealkylation sites (tertiary alicyclic amines) is 1. The zero-order valence-corrected chi connectivity index (χ0v) is 15.6. The summed E-state index contributed by atoms with van der Waals surface area (Å²) in [5.41, 5.74) is 0.899. The highest BCUT2D eigenvalue weighted by Gasteiger charge is 2.34. The van der Waals surface area contributed by atoms with E-state index in [2.05, 4.69) is 6.92 Å². The van der Waals surface area contributed by atoms with E-state index >= 15 is 0 Å². The molecule has 1 aromatic carbocycles. The average Bonchev–Trinajstić information content (AvgIpc) is 2.67. The summed E-state index contributed by atoms with van der Waals surface area (Å²) in [4.78, 5) is 29.6. The molecule has 0 radical (unpaired) electrons. The number of thioether (sulfide) groups is 1. The van der Waals surface area contributed by atoms with E-state index in [4.69, 9.17) is 0 Å². The third-order valence-corrected chi connectivity index (χ3v) is 6.67. The number of para-hydroxylation sites is 1. The molecule has 136 valence electrons. The molecule has 6 heteroatoms. The van der Waals surface area contributed by atoms with Gasteiger partial charge in [0.15, 0.2) is 0 Å². The van der Waals surface area contributed by atoms with Gasteiger partial charge in [-0.15, -0.1) is 11.8 Å². The van der Waals surface area contributed by atoms with Gasteiger partial charge in [0.2, 0.25) is 11.8 Å². The summed E-state index contributed by atoms with van der Waals surface area (Å²) in [5.74, 6) is 0.608. The van der Waals surface area contributed by atoms with E-state index in [0.717, 1.165) is 29.8 Å². The van der Waals surface area contributed by atoms with Gasteiger partial charge in [-0.3, -0.25) is 9.59 Å². The van der Waals surface area contributed by atoms with Crippen LogP contribution in [0.2, 0.25) is 0 Å². The van der Waals surface area contributed by atoms with Crippen LogP contribution >= 0.6 is 11.8 Å². The summed E-state index contributed by atoms with van der Waals surface area (Å²) in [6.07, 6.45) is 3.01. The maximum Gasteiger partial charge on any atom is 0.237 e. The van der Waals surface area contributed by atoms with Crippen molar-refractivity contribution in [3.8, 4) is 0 Å². The van der Waals surface area contributed by atoms with E-state index in [1.807, 2.05) is 29.2 Å². The number of piperidine rings is 1. The van der Waals surface area contributed by atoms with E-state index in [0.29, 0.717) is 31.8 Å². The molecule has 25 heavy (non-hydrogen) atoms. The van der Waals surface area contributed by atoms with E-state index in [1.54, 1.807) is 16.7 Å². The number of amides is 2. The number of nitrogens with zero attached hydrogens (tertiary/aromatic N) is 2. The summed E-state index contributed by atoms with van der Waals surface area (Å²) in [6.45, 7) is 4.14. The number of carbonyl (C=O) groups excluding carboxylic acids is 2. The fraction of sp³-hybridized carbons (Fsp3) is 0.579. The van der Waals surface area contributed by atoms with Crippen LogP contribution in [-0.4, -0.2) is 53.8 Å². The average molecular weight is 362 g/mol. The summed E-state index contributed by atoms with van der Waals surface area (Å²) < 4.78 is 0. The lowest BCUT2D eigenvalue weighted by molar-refractivity contribution is -0.134. The molecule has 0 aliphatic carbocycles. The van der Waals surface area contributed by atoms with Gasteiger partial charge in [-0.05, 0) is 36.8 Å². The van der Waals surface area contributed by atoms with Crippen LogP contribution in [0.1, 0.15) is 32.6 Å². The fourth-order valence-electron chi connectivity index (χ4n) is 3.62. The zero-order chi connectivity index (χ0) is 17.9. The highest BCUT2D eigenvalue weighted by Crippen LogP contribution is 2.36. The summed E-state index contributed by atoms with van der Waals surface area (Å²) >= 11 is 1.56. The predicted octanol–water partition coefficient (Wildman–Crippen LogP) is 2.53. The molecule has 1 aromatic rings. The van der Waals surface area contributed by atoms with Crippen LogP contribution in [-0.2, 0) is 9.59 Å². The molecular formula is C19H26N2O3S. The molecule has 0 bridgehead atoms. The van der Waals surface area contributed by atoms with Crippen LogP contribution in [0, 0.1) is 5.41 Å². The minimum absolute atomic E-state index is 0.0181. The number of aliphatic hydroxyl groups is 1. The number of anilines is 1. The standard InChI is InChI=1S/C19H26N2O3S/c1-2-19(14-22)8-11-20(12-9-19)17(23)7-10-21-15-5-3-4-6-16(15)25-13-18(21)24/h3-6,22H,2,7-14H2,1H3. The zero-order valence-electron chi connectivity index (χ0n) is 14.7. The Balaban J connectivity index is 1.57. The van der Waals surface area contributed by atoms with Crippen molar-refractivity contribution in [2.45, 2.75) is 37.5 Å². The van der Waals surface area contributed by atoms with Crippen LogP contribution in [0.15, 0.2) is 29.2 Å². The monoisotopic (exact) mass is 362 g/mol. The van der Waals surface area contributed by atoms with Gasteiger partial charge in [0.25, 0.3) is 0 Å². The van der Waals surface area contributed by atoms with Crippen molar-refractivity contribution in [1.29, 1.82) is 0 Å². The Morgan fingerprint density at radius 2 is 2.00 bits per heavy atom. The summed E-state index contributed by atoms with van der Waals surface area (Å²) in [7, 11) is 0. The van der Waals surface area contributed by atoms with Gasteiger partial charge in [-0.2, -0.15) is 0 Å². The molecule has 1 fully saturated rings. The Labute approximate surface area is 153 Å². The Morgan fingerprint density at radius 3 is 2.68 bits per heavy atom. The largest absolute Gasteiger partial charge is 0.396 e. The molecule has 3 rings (SSSR count). The maximum atomic E-state index is 12.6. The van der Waals surface area contributed by atoms with E-state index in [-0.39, 0.29) is 23.8 Å². The minimum Gasteiger partial charge on any atom is -0.396 e. The Hall–Kier alpha value is -1.53. The lowest BCUT2D eigenvalue weighted by Crippen LogP contribution is -2.45. The first kappa shape index (κ1) is 18.3. The molecule has 1 saturated heterocycles. The van der Waals surface area contributed by atoms with Crippen LogP contribution in [0.5, 0.6) is 0 Å². The highest BCUT2D eigenvalue weighted by molar-refractivity contribution is 8.00. The van der Waals surface area contributed by atoms with Gasteiger partial charge >= 0.3 is 0 Å². The first-order chi connectivity index (χ1) is 12.1. The molecule has 0 unspecified atom stereocenters. The van der Waals surface area contributed by atoms with Gasteiger partial charge in [0.05, 0.1) is 11.4 Å². The third kappa shape index (κ3) is 3.85. The Morgan fingerprint density at radius 1 is 1.28 bits per heavy atom. The van der Waals surface area contributed by atoms with Crippen LogP contribution in [0.25, 0.3) is 0 Å². The van der Waals surface area contributed by atoms with Gasteiger partial charge in [0, 0.05) is 37.6 Å². The van der Waals surface area contributed by atoms with E-state index in [9.17, 15) is 14.7 Å². The van der Waals surface area contributed by atoms with E-state index < -0.39 is 0 Å². The first-order valence-corrected chi connectivity index (χ1v) is 9.98. The molecule has 2 amide bonds. The van der Waals surface area contributed by atoms with Gasteiger partial charge in [-0.1, -0.05) is 19.1 Å². The second-order valence-electron chi connectivity index (χ2n) is 6.94. The van der Waals surface area contributed by atoms with Gasteiger partial charge in [-0.25, -0.2) is 0 Å². The first-order valence-electron chi connectivity index (χ1n) is 8.99. The molecule has 2 heterocycles. The normalized spacial score (nSPS) is 19.7. The van der Waals surface area contributed by atoms with Crippen molar-refractivity contribution in [3.05, 3.63) is 24.3 Å². The number of rotatable bonds is 5. The molecule has 1 N–H and O–H groups in total. The molecule has 0 aromatic heterocycles. The van der Waals surface area contributed by atoms with Crippen molar-refractivity contribution in [3.63, 3.8) is 0 Å². The van der Waals surface area contributed by atoms with Crippen molar-refractivity contribution >= 4 is 29.3 Å². The quantitative estimate of drug-likeness (QED) is 0.874. The van der Waals surface area contributed by atoms with Crippen molar-refractivity contribution in [2.24, 2.45) is 5.41 Å². The number of benzene rings is 1. The van der Waals surface area contributed by atoms with Crippen LogP contribution in [0.4, 0.5) is 5.69 Å². The van der Waals surface area contributed by atoms with Crippen LogP contribution in [0.3, 0.4) is 0 Å². The second-order valence-corrected chi connectivity index (χ2v) is 7.96. The second kappa shape index (κ2) is 7.79. The molecule has 2 aliphatic heterocycles. The van der Waals surface area contributed by atoms with Crippen molar-refractivity contribution < 1.29 is 14.7 Å². The molecule has 0 spiro atoms. The lowest BCUT2D eigenvalue weighted by atomic mass is 9.77. The number of fused-ring (bicyclic) bond motifs is 1. The third-order valence-electron chi connectivity index (χ3n) is 5.62. The molecule has 0 atom stereocenters. The molecule has 0 saturated carbocycles. The molecular weight excluding hydrogens is 336 g/mol. The highest BCUT2D eigenvalue weighted by atomic mass is 32.2. The lowest BCUT2D eigenvalue weighted by Gasteiger charge is -2.40. The predicted molar refractivity (Wildman–Crippen MR) is 99.8 cm³/mol. The summed E-state index contributed by atoms with van der Waals surface area (Å²) in [6, 6.07) is 7.86.